The monoisotopic (exact) mass is 297 g/mol. The largest absolute Gasteiger partial charge is 0.381 e. The molecule has 1 aliphatic heterocycles. The molecule has 1 saturated carbocycles. The van der Waals surface area contributed by atoms with Gasteiger partial charge >= 0.3 is 0 Å². The highest BCUT2D eigenvalue weighted by Crippen LogP contribution is 2.37. The fourth-order valence-electron chi connectivity index (χ4n) is 3.67. The van der Waals surface area contributed by atoms with E-state index in [1.165, 1.54) is 44.9 Å². The molecule has 1 heterocycles. The van der Waals surface area contributed by atoms with E-state index in [0.717, 1.165) is 32.3 Å². The second-order valence-corrected chi connectivity index (χ2v) is 7.49. The van der Waals surface area contributed by atoms with Crippen molar-refractivity contribution in [2.45, 2.75) is 77.4 Å². The third kappa shape index (κ3) is 5.54. The molecule has 2 fully saturated rings. The highest BCUT2D eigenvalue weighted by Gasteiger charge is 2.36. The molecule has 3 nitrogen and oxygen atoms in total. The van der Waals surface area contributed by atoms with E-state index in [1.807, 2.05) is 0 Å². The summed E-state index contributed by atoms with van der Waals surface area (Å²) >= 11 is 0. The van der Waals surface area contributed by atoms with Crippen molar-refractivity contribution in [1.82, 2.24) is 5.32 Å². The molecule has 124 valence electrons. The van der Waals surface area contributed by atoms with Gasteiger partial charge in [-0.05, 0) is 38.0 Å². The van der Waals surface area contributed by atoms with Crippen LogP contribution in [0.25, 0.3) is 0 Å². The number of hydrogen-bond acceptors (Lipinski definition) is 3. The van der Waals surface area contributed by atoms with Gasteiger partial charge in [0.25, 0.3) is 0 Å². The number of rotatable bonds is 8. The predicted molar refractivity (Wildman–Crippen MR) is 87.6 cm³/mol. The minimum Gasteiger partial charge on any atom is -0.381 e. The van der Waals surface area contributed by atoms with E-state index in [9.17, 15) is 0 Å². The summed E-state index contributed by atoms with van der Waals surface area (Å²) in [6.07, 6.45) is 9.03. The van der Waals surface area contributed by atoms with Gasteiger partial charge in [-0.3, -0.25) is 0 Å². The molecule has 0 spiro atoms. The predicted octanol–water partition coefficient (Wildman–Crippen LogP) is 3.77. The van der Waals surface area contributed by atoms with Crippen LogP contribution in [0.5, 0.6) is 0 Å². The van der Waals surface area contributed by atoms with Crippen LogP contribution in [0, 0.1) is 11.8 Å². The zero-order valence-electron chi connectivity index (χ0n) is 14.3. The van der Waals surface area contributed by atoms with Gasteiger partial charge in [-0.2, -0.15) is 0 Å². The Morgan fingerprint density at radius 1 is 1.19 bits per heavy atom. The second-order valence-electron chi connectivity index (χ2n) is 7.49. The Balaban J connectivity index is 1.84. The molecule has 0 bridgehead atoms. The van der Waals surface area contributed by atoms with Crippen LogP contribution in [-0.4, -0.2) is 38.0 Å². The lowest BCUT2D eigenvalue weighted by atomic mass is 9.77. The molecule has 1 atom stereocenters. The standard InChI is InChI=1S/C18H35NO2/c1-4-5-16-6-9-18(10-7-16,14-19-15(2)3)21-13-17-8-11-20-12-17/h15-17,19H,4-14H2,1-3H3. The van der Waals surface area contributed by atoms with Crippen molar-refractivity contribution in [2.75, 3.05) is 26.4 Å². The number of ether oxygens (including phenoxy) is 2. The molecule has 2 aliphatic rings. The minimum absolute atomic E-state index is 0.0805. The maximum Gasteiger partial charge on any atom is 0.0806 e. The van der Waals surface area contributed by atoms with Crippen molar-refractivity contribution in [3.63, 3.8) is 0 Å². The van der Waals surface area contributed by atoms with E-state index < -0.39 is 0 Å². The van der Waals surface area contributed by atoms with Crippen molar-refractivity contribution < 1.29 is 9.47 Å². The third-order valence-electron chi connectivity index (χ3n) is 5.20. The third-order valence-corrected chi connectivity index (χ3v) is 5.20. The minimum atomic E-state index is 0.0805. The van der Waals surface area contributed by atoms with Gasteiger partial charge in [0.15, 0.2) is 0 Å². The van der Waals surface area contributed by atoms with E-state index in [0.29, 0.717) is 12.0 Å². The summed E-state index contributed by atoms with van der Waals surface area (Å²) in [6, 6.07) is 0.536. The maximum atomic E-state index is 6.49. The number of nitrogens with one attached hydrogen (secondary N) is 1. The van der Waals surface area contributed by atoms with Crippen LogP contribution in [-0.2, 0) is 9.47 Å². The van der Waals surface area contributed by atoms with Crippen molar-refractivity contribution in [2.24, 2.45) is 11.8 Å². The quantitative estimate of drug-likeness (QED) is 0.740. The fraction of sp³-hybridized carbons (Fsp3) is 1.00. The van der Waals surface area contributed by atoms with Gasteiger partial charge < -0.3 is 14.8 Å². The first-order chi connectivity index (χ1) is 10.1. The van der Waals surface area contributed by atoms with Crippen LogP contribution >= 0.6 is 0 Å². The van der Waals surface area contributed by atoms with Gasteiger partial charge in [0.05, 0.1) is 18.8 Å². The molecule has 0 aromatic heterocycles. The summed E-state index contributed by atoms with van der Waals surface area (Å²) in [7, 11) is 0. The smallest absolute Gasteiger partial charge is 0.0806 e. The molecule has 21 heavy (non-hydrogen) atoms. The Morgan fingerprint density at radius 2 is 1.95 bits per heavy atom. The van der Waals surface area contributed by atoms with E-state index in [4.69, 9.17) is 9.47 Å². The summed E-state index contributed by atoms with van der Waals surface area (Å²) in [5.41, 5.74) is 0.0805. The molecule has 1 unspecified atom stereocenters. The van der Waals surface area contributed by atoms with Crippen molar-refractivity contribution in [3.8, 4) is 0 Å². The molecule has 0 aromatic carbocycles. The van der Waals surface area contributed by atoms with E-state index in [1.54, 1.807) is 0 Å². The highest BCUT2D eigenvalue weighted by molar-refractivity contribution is 4.90. The first-order valence-corrected chi connectivity index (χ1v) is 9.08. The Morgan fingerprint density at radius 3 is 2.52 bits per heavy atom. The Hall–Kier alpha value is -0.120. The summed E-state index contributed by atoms with van der Waals surface area (Å²) < 4.78 is 12.0. The lowest BCUT2D eigenvalue weighted by molar-refractivity contribution is -0.0901. The number of hydrogen-bond donors (Lipinski definition) is 1. The lowest BCUT2D eigenvalue weighted by Gasteiger charge is -2.41. The molecule has 1 aliphatic carbocycles. The first kappa shape index (κ1) is 17.2. The summed E-state index contributed by atoms with van der Waals surface area (Å²) in [4.78, 5) is 0. The van der Waals surface area contributed by atoms with Crippen LogP contribution in [0.3, 0.4) is 0 Å². The summed E-state index contributed by atoms with van der Waals surface area (Å²) in [5, 5.41) is 3.62. The van der Waals surface area contributed by atoms with Gasteiger partial charge in [0.1, 0.15) is 0 Å². The maximum absolute atomic E-state index is 6.49. The highest BCUT2D eigenvalue weighted by atomic mass is 16.5. The Kier molecular flexibility index (Phi) is 6.97. The average Bonchev–Trinajstić information content (AvgIpc) is 2.99. The topological polar surface area (TPSA) is 30.5 Å². The molecular formula is C18H35NO2. The van der Waals surface area contributed by atoms with Crippen LogP contribution < -0.4 is 5.32 Å². The van der Waals surface area contributed by atoms with Gasteiger partial charge in [-0.25, -0.2) is 0 Å². The fourth-order valence-corrected chi connectivity index (χ4v) is 3.67. The van der Waals surface area contributed by atoms with Crippen LogP contribution in [0.2, 0.25) is 0 Å². The van der Waals surface area contributed by atoms with Gasteiger partial charge in [-0.15, -0.1) is 0 Å². The average molecular weight is 297 g/mol. The zero-order valence-corrected chi connectivity index (χ0v) is 14.3. The molecule has 0 aromatic rings. The molecule has 3 heteroatoms. The van der Waals surface area contributed by atoms with Crippen molar-refractivity contribution in [1.29, 1.82) is 0 Å². The van der Waals surface area contributed by atoms with Crippen LogP contribution in [0.15, 0.2) is 0 Å². The van der Waals surface area contributed by atoms with Crippen molar-refractivity contribution in [3.05, 3.63) is 0 Å². The molecule has 0 amide bonds. The molecule has 1 saturated heterocycles. The Bertz CT molecular complexity index is 279. The van der Waals surface area contributed by atoms with E-state index in [-0.39, 0.29) is 5.60 Å². The van der Waals surface area contributed by atoms with Gasteiger partial charge in [0.2, 0.25) is 0 Å². The van der Waals surface area contributed by atoms with Crippen LogP contribution in [0.1, 0.15) is 65.7 Å². The zero-order chi connectivity index (χ0) is 15.1. The second kappa shape index (κ2) is 8.50. The van der Waals surface area contributed by atoms with Crippen LogP contribution in [0.4, 0.5) is 0 Å². The van der Waals surface area contributed by atoms with E-state index >= 15 is 0 Å². The Labute approximate surface area is 131 Å². The van der Waals surface area contributed by atoms with Crippen molar-refractivity contribution >= 4 is 0 Å². The molecule has 1 N–H and O–H groups in total. The normalized spacial score (nSPS) is 33.7. The van der Waals surface area contributed by atoms with E-state index in [2.05, 4.69) is 26.1 Å². The van der Waals surface area contributed by atoms with Gasteiger partial charge in [0, 0.05) is 25.1 Å². The summed E-state index contributed by atoms with van der Waals surface area (Å²) in [5.74, 6) is 1.55. The molecule has 0 radical (unpaired) electrons. The van der Waals surface area contributed by atoms with Gasteiger partial charge in [-0.1, -0.05) is 33.6 Å². The molecule has 2 rings (SSSR count). The first-order valence-electron chi connectivity index (χ1n) is 9.08. The SMILES string of the molecule is CCCC1CCC(CNC(C)C)(OCC2CCOC2)CC1. The molecular weight excluding hydrogens is 262 g/mol. The lowest BCUT2D eigenvalue weighted by Crippen LogP contribution is -2.48. The summed E-state index contributed by atoms with van der Waals surface area (Å²) in [6.45, 7) is 10.5.